The van der Waals surface area contributed by atoms with E-state index in [1.54, 1.807) is 6.33 Å². The van der Waals surface area contributed by atoms with Gasteiger partial charge in [-0.1, -0.05) is 6.92 Å². The van der Waals surface area contributed by atoms with Gasteiger partial charge >= 0.3 is 0 Å². The molecule has 20 heavy (non-hydrogen) atoms. The van der Waals surface area contributed by atoms with Gasteiger partial charge in [0.15, 0.2) is 0 Å². The van der Waals surface area contributed by atoms with Gasteiger partial charge in [0.1, 0.15) is 12.2 Å². The predicted octanol–water partition coefficient (Wildman–Crippen LogP) is 0.967. The van der Waals surface area contributed by atoms with Crippen molar-refractivity contribution in [1.29, 1.82) is 0 Å². The van der Waals surface area contributed by atoms with E-state index in [4.69, 9.17) is 5.73 Å². The smallest absolute Gasteiger partial charge is 0.147 e. The molecular weight excluding hydrogens is 252 g/mol. The molecule has 0 saturated heterocycles. The van der Waals surface area contributed by atoms with E-state index in [2.05, 4.69) is 43.7 Å². The molecule has 3 heterocycles. The molecule has 2 aromatic rings. The molecule has 2 aromatic heterocycles. The van der Waals surface area contributed by atoms with Crippen LogP contribution < -0.4 is 5.73 Å². The number of nitrogens with zero attached hydrogens (tertiary/aromatic N) is 5. The highest BCUT2D eigenvalue weighted by molar-refractivity contribution is 5.18. The van der Waals surface area contributed by atoms with Crippen molar-refractivity contribution in [3.8, 4) is 0 Å². The van der Waals surface area contributed by atoms with Gasteiger partial charge in [-0.3, -0.25) is 9.88 Å². The first-order valence-corrected chi connectivity index (χ1v) is 7.06. The van der Waals surface area contributed by atoms with Crippen LogP contribution in [0.2, 0.25) is 0 Å². The summed E-state index contributed by atoms with van der Waals surface area (Å²) in [6.45, 7) is 4.80. The Balaban J connectivity index is 1.87. The number of aromatic nitrogens is 4. The fraction of sp³-hybridized carbons (Fsp3) is 0.500. The van der Waals surface area contributed by atoms with Crippen molar-refractivity contribution in [2.24, 2.45) is 5.73 Å². The summed E-state index contributed by atoms with van der Waals surface area (Å²) in [7, 11) is 0. The lowest BCUT2D eigenvalue weighted by atomic mass is 9.96. The molecule has 0 spiro atoms. The van der Waals surface area contributed by atoms with E-state index in [1.807, 2.05) is 12.4 Å². The van der Waals surface area contributed by atoms with Crippen LogP contribution in [0.15, 0.2) is 30.9 Å². The SMILES string of the molecule is CCC(N)C(c1ccncc1)N1CCn2cnnc2C1. The topological polar surface area (TPSA) is 72.9 Å². The average molecular weight is 272 g/mol. The van der Waals surface area contributed by atoms with Gasteiger partial charge in [-0.15, -0.1) is 10.2 Å². The monoisotopic (exact) mass is 272 g/mol. The molecule has 2 N–H and O–H groups in total. The number of rotatable bonds is 4. The number of pyridine rings is 1. The summed E-state index contributed by atoms with van der Waals surface area (Å²) in [5.41, 5.74) is 7.59. The van der Waals surface area contributed by atoms with Gasteiger partial charge in [0.25, 0.3) is 0 Å². The molecule has 6 heteroatoms. The van der Waals surface area contributed by atoms with Gasteiger partial charge in [-0.25, -0.2) is 0 Å². The van der Waals surface area contributed by atoms with E-state index in [0.717, 1.165) is 31.9 Å². The Bertz CT molecular complexity index is 552. The maximum atomic E-state index is 6.37. The van der Waals surface area contributed by atoms with Gasteiger partial charge in [0.05, 0.1) is 12.6 Å². The van der Waals surface area contributed by atoms with E-state index in [-0.39, 0.29) is 12.1 Å². The minimum Gasteiger partial charge on any atom is -0.326 e. The van der Waals surface area contributed by atoms with E-state index in [0.29, 0.717) is 0 Å². The maximum Gasteiger partial charge on any atom is 0.147 e. The highest BCUT2D eigenvalue weighted by Crippen LogP contribution is 2.27. The summed E-state index contributed by atoms with van der Waals surface area (Å²) in [5.74, 6) is 1.01. The molecule has 0 aliphatic carbocycles. The van der Waals surface area contributed by atoms with Gasteiger partial charge in [-0.05, 0) is 24.1 Å². The Kier molecular flexibility index (Phi) is 3.75. The molecule has 0 bridgehead atoms. The summed E-state index contributed by atoms with van der Waals surface area (Å²) >= 11 is 0. The van der Waals surface area contributed by atoms with Crippen LogP contribution in [0.4, 0.5) is 0 Å². The van der Waals surface area contributed by atoms with Crippen molar-refractivity contribution in [3.63, 3.8) is 0 Å². The second kappa shape index (κ2) is 5.68. The Morgan fingerprint density at radius 2 is 2.10 bits per heavy atom. The predicted molar refractivity (Wildman–Crippen MR) is 75.7 cm³/mol. The molecule has 1 aliphatic heterocycles. The lowest BCUT2D eigenvalue weighted by Gasteiger charge is -2.37. The minimum absolute atomic E-state index is 0.104. The Labute approximate surface area is 118 Å². The summed E-state index contributed by atoms with van der Waals surface area (Å²) < 4.78 is 2.11. The first-order valence-electron chi connectivity index (χ1n) is 7.06. The zero-order chi connectivity index (χ0) is 13.9. The highest BCUT2D eigenvalue weighted by Gasteiger charge is 2.29. The van der Waals surface area contributed by atoms with Crippen LogP contribution in [0.25, 0.3) is 0 Å². The van der Waals surface area contributed by atoms with Crippen molar-refractivity contribution in [1.82, 2.24) is 24.6 Å². The Morgan fingerprint density at radius 1 is 1.30 bits per heavy atom. The van der Waals surface area contributed by atoms with E-state index in [1.165, 1.54) is 5.56 Å². The lowest BCUT2D eigenvalue weighted by Crippen LogP contribution is -2.44. The van der Waals surface area contributed by atoms with Gasteiger partial charge in [0, 0.05) is 31.5 Å². The third-order valence-electron chi connectivity index (χ3n) is 3.99. The second-order valence-electron chi connectivity index (χ2n) is 5.21. The van der Waals surface area contributed by atoms with Crippen molar-refractivity contribution < 1.29 is 0 Å². The molecule has 106 valence electrons. The first-order chi connectivity index (χ1) is 9.79. The number of nitrogens with two attached hydrogens (primary N) is 1. The number of hydrogen-bond acceptors (Lipinski definition) is 5. The molecule has 0 radical (unpaired) electrons. The summed E-state index contributed by atoms with van der Waals surface area (Å²) in [6.07, 6.45) is 6.40. The standard InChI is InChI=1S/C14H20N6/c1-2-12(15)14(11-3-5-16-6-4-11)19-7-8-20-10-17-18-13(20)9-19/h3-6,10,12,14H,2,7-9,15H2,1H3. The summed E-state index contributed by atoms with van der Waals surface area (Å²) in [4.78, 5) is 6.50. The second-order valence-corrected chi connectivity index (χ2v) is 5.21. The fourth-order valence-corrected chi connectivity index (χ4v) is 2.84. The molecule has 0 fully saturated rings. The van der Waals surface area contributed by atoms with E-state index in [9.17, 15) is 0 Å². The van der Waals surface area contributed by atoms with Gasteiger partial charge < -0.3 is 10.3 Å². The molecule has 0 saturated carbocycles. The zero-order valence-corrected chi connectivity index (χ0v) is 11.7. The summed E-state index contributed by atoms with van der Waals surface area (Å²) in [5, 5.41) is 8.17. The fourth-order valence-electron chi connectivity index (χ4n) is 2.84. The van der Waals surface area contributed by atoms with Crippen LogP contribution in [-0.4, -0.2) is 37.2 Å². The first kappa shape index (κ1) is 13.2. The molecule has 0 aromatic carbocycles. The number of fused-ring (bicyclic) bond motifs is 1. The molecule has 2 atom stereocenters. The van der Waals surface area contributed by atoms with Crippen molar-refractivity contribution >= 4 is 0 Å². The average Bonchev–Trinajstić information content (AvgIpc) is 2.96. The quantitative estimate of drug-likeness (QED) is 0.897. The van der Waals surface area contributed by atoms with Crippen LogP contribution in [0.5, 0.6) is 0 Å². The molecule has 6 nitrogen and oxygen atoms in total. The lowest BCUT2D eigenvalue weighted by molar-refractivity contribution is 0.130. The molecule has 3 rings (SSSR count). The Morgan fingerprint density at radius 3 is 2.85 bits per heavy atom. The van der Waals surface area contributed by atoms with Crippen LogP contribution >= 0.6 is 0 Å². The molecule has 0 amide bonds. The highest BCUT2D eigenvalue weighted by atomic mass is 15.3. The molecule has 2 unspecified atom stereocenters. The van der Waals surface area contributed by atoms with Crippen molar-refractivity contribution in [2.45, 2.75) is 38.5 Å². The van der Waals surface area contributed by atoms with E-state index < -0.39 is 0 Å². The van der Waals surface area contributed by atoms with Crippen LogP contribution in [0, 0.1) is 0 Å². The third-order valence-corrected chi connectivity index (χ3v) is 3.99. The number of hydrogen-bond donors (Lipinski definition) is 1. The Hall–Kier alpha value is -1.79. The van der Waals surface area contributed by atoms with Crippen molar-refractivity contribution in [2.75, 3.05) is 6.54 Å². The van der Waals surface area contributed by atoms with Gasteiger partial charge in [-0.2, -0.15) is 0 Å². The van der Waals surface area contributed by atoms with Crippen LogP contribution in [-0.2, 0) is 13.1 Å². The molecule has 1 aliphatic rings. The van der Waals surface area contributed by atoms with Crippen LogP contribution in [0.3, 0.4) is 0 Å². The maximum absolute atomic E-state index is 6.37. The normalized spacial score (nSPS) is 18.5. The largest absolute Gasteiger partial charge is 0.326 e. The van der Waals surface area contributed by atoms with Crippen molar-refractivity contribution in [3.05, 3.63) is 42.2 Å². The molecular formula is C14H20N6. The van der Waals surface area contributed by atoms with Crippen LogP contribution in [0.1, 0.15) is 30.8 Å². The zero-order valence-electron chi connectivity index (χ0n) is 11.7. The van der Waals surface area contributed by atoms with E-state index >= 15 is 0 Å². The third kappa shape index (κ3) is 2.44. The minimum atomic E-state index is 0.104. The summed E-state index contributed by atoms with van der Waals surface area (Å²) in [6, 6.07) is 4.42. The van der Waals surface area contributed by atoms with Gasteiger partial charge in [0.2, 0.25) is 0 Å².